The summed E-state index contributed by atoms with van der Waals surface area (Å²) in [6.45, 7) is 1.96. The molecule has 0 aliphatic heterocycles. The summed E-state index contributed by atoms with van der Waals surface area (Å²) in [5.41, 5.74) is 4.73. The van der Waals surface area contributed by atoms with Gasteiger partial charge in [-0.15, -0.1) is 11.3 Å². The van der Waals surface area contributed by atoms with Crippen molar-refractivity contribution in [2.24, 2.45) is 0 Å². The van der Waals surface area contributed by atoms with Crippen LogP contribution in [0.4, 0.5) is 4.39 Å². The van der Waals surface area contributed by atoms with Crippen LogP contribution in [0.25, 0.3) is 32.0 Å². The summed E-state index contributed by atoms with van der Waals surface area (Å²) in [4.78, 5) is 9.27. The summed E-state index contributed by atoms with van der Waals surface area (Å²) in [5, 5.41) is 0.962. The molecule has 23 heavy (non-hydrogen) atoms. The molecule has 2 aromatic carbocycles. The number of hydrogen-bond acceptors (Lipinski definition) is 3. The minimum absolute atomic E-state index is 0.232. The lowest BCUT2D eigenvalue weighted by Gasteiger charge is -2.05. The average molecular weight is 320 g/mol. The first-order chi connectivity index (χ1) is 11.2. The predicted molar refractivity (Wildman–Crippen MR) is 93.0 cm³/mol. The zero-order valence-corrected chi connectivity index (χ0v) is 13.3. The Hall–Kier alpha value is -2.59. The van der Waals surface area contributed by atoms with Crippen LogP contribution in [0.5, 0.6) is 0 Å². The molecule has 112 valence electrons. The summed E-state index contributed by atoms with van der Waals surface area (Å²) in [6, 6.07) is 18.7. The molecule has 2 heterocycles. The van der Waals surface area contributed by atoms with Crippen LogP contribution in [0.1, 0.15) is 5.69 Å². The van der Waals surface area contributed by atoms with Gasteiger partial charge in [-0.25, -0.2) is 14.4 Å². The first kappa shape index (κ1) is 14.0. The summed E-state index contributed by atoms with van der Waals surface area (Å²) >= 11 is 1.62. The molecule has 4 aromatic rings. The summed E-state index contributed by atoms with van der Waals surface area (Å²) < 4.78 is 14.2. The van der Waals surface area contributed by atoms with E-state index in [0.29, 0.717) is 0 Å². The number of aryl methyl sites for hydroxylation is 1. The van der Waals surface area contributed by atoms with Crippen molar-refractivity contribution in [3.63, 3.8) is 0 Å². The number of hydrogen-bond donors (Lipinski definition) is 0. The maximum absolute atomic E-state index is 13.1. The number of benzene rings is 2. The fourth-order valence-corrected chi connectivity index (χ4v) is 3.53. The SMILES string of the molecule is Cc1nc2nc(-c3ccccc3)sc2cc1-c1ccc(F)cc1. The van der Waals surface area contributed by atoms with E-state index in [0.717, 1.165) is 37.7 Å². The van der Waals surface area contributed by atoms with Gasteiger partial charge in [-0.2, -0.15) is 0 Å². The van der Waals surface area contributed by atoms with E-state index in [1.807, 2.05) is 37.3 Å². The van der Waals surface area contributed by atoms with Crippen LogP contribution in [-0.4, -0.2) is 9.97 Å². The smallest absolute Gasteiger partial charge is 0.171 e. The maximum Gasteiger partial charge on any atom is 0.171 e. The van der Waals surface area contributed by atoms with E-state index in [4.69, 9.17) is 0 Å². The Morgan fingerprint density at radius 3 is 2.35 bits per heavy atom. The molecule has 2 aromatic heterocycles. The average Bonchev–Trinajstić information content (AvgIpc) is 2.98. The molecular formula is C19H13FN2S. The van der Waals surface area contributed by atoms with Crippen molar-refractivity contribution in [2.75, 3.05) is 0 Å². The van der Waals surface area contributed by atoms with Gasteiger partial charge in [0.25, 0.3) is 0 Å². The molecule has 4 rings (SSSR count). The normalized spacial score (nSPS) is 11.0. The zero-order valence-electron chi connectivity index (χ0n) is 12.5. The first-order valence-electron chi connectivity index (χ1n) is 7.30. The van der Waals surface area contributed by atoms with Gasteiger partial charge >= 0.3 is 0 Å². The quantitative estimate of drug-likeness (QED) is 0.489. The lowest BCUT2D eigenvalue weighted by molar-refractivity contribution is 0.628. The van der Waals surface area contributed by atoms with Crippen LogP contribution in [0.2, 0.25) is 0 Å². The van der Waals surface area contributed by atoms with Gasteiger partial charge in [0.15, 0.2) is 5.65 Å². The van der Waals surface area contributed by atoms with Gasteiger partial charge in [-0.3, -0.25) is 0 Å². The van der Waals surface area contributed by atoms with Gasteiger partial charge in [0.2, 0.25) is 0 Å². The predicted octanol–water partition coefficient (Wildman–Crippen LogP) is 5.47. The Balaban J connectivity index is 1.85. The standard InChI is InChI=1S/C19H13FN2S/c1-12-16(13-7-9-15(20)10-8-13)11-17-18(21-12)22-19(23-17)14-5-3-2-4-6-14/h2-11H,1H3. The van der Waals surface area contributed by atoms with E-state index in [2.05, 4.69) is 16.0 Å². The van der Waals surface area contributed by atoms with Gasteiger partial charge in [0.1, 0.15) is 10.8 Å². The first-order valence-corrected chi connectivity index (χ1v) is 8.12. The van der Waals surface area contributed by atoms with Crippen LogP contribution in [0, 0.1) is 12.7 Å². The van der Waals surface area contributed by atoms with E-state index in [9.17, 15) is 4.39 Å². The summed E-state index contributed by atoms with van der Waals surface area (Å²) in [6.07, 6.45) is 0. The second-order valence-corrected chi connectivity index (χ2v) is 6.37. The van der Waals surface area contributed by atoms with Crippen LogP contribution < -0.4 is 0 Å². The van der Waals surface area contributed by atoms with Gasteiger partial charge in [-0.1, -0.05) is 42.5 Å². The fourth-order valence-electron chi connectivity index (χ4n) is 2.58. The Kier molecular flexibility index (Phi) is 3.39. The van der Waals surface area contributed by atoms with Crippen molar-refractivity contribution in [2.45, 2.75) is 6.92 Å². The molecule has 0 bridgehead atoms. The minimum atomic E-state index is -0.232. The van der Waals surface area contributed by atoms with E-state index < -0.39 is 0 Å². The molecular weight excluding hydrogens is 307 g/mol. The van der Waals surface area contributed by atoms with Crippen molar-refractivity contribution in [1.29, 1.82) is 0 Å². The molecule has 0 atom stereocenters. The van der Waals surface area contributed by atoms with Gasteiger partial charge in [-0.05, 0) is 30.7 Å². The van der Waals surface area contributed by atoms with Crippen LogP contribution in [0.15, 0.2) is 60.7 Å². The molecule has 0 N–H and O–H groups in total. The molecule has 0 saturated carbocycles. The largest absolute Gasteiger partial charge is 0.232 e. The second-order valence-electron chi connectivity index (χ2n) is 5.34. The van der Waals surface area contributed by atoms with E-state index in [1.54, 1.807) is 23.5 Å². The third kappa shape index (κ3) is 2.62. The number of pyridine rings is 1. The maximum atomic E-state index is 13.1. The van der Waals surface area contributed by atoms with Crippen LogP contribution in [-0.2, 0) is 0 Å². The molecule has 0 fully saturated rings. The van der Waals surface area contributed by atoms with Crippen molar-refractivity contribution >= 4 is 21.7 Å². The molecule has 0 amide bonds. The number of fused-ring (bicyclic) bond motifs is 1. The highest BCUT2D eigenvalue weighted by Crippen LogP contribution is 2.33. The molecule has 0 radical (unpaired) electrons. The third-order valence-corrected chi connectivity index (χ3v) is 4.79. The monoisotopic (exact) mass is 320 g/mol. The highest BCUT2D eigenvalue weighted by molar-refractivity contribution is 7.21. The molecule has 0 spiro atoms. The molecule has 0 unspecified atom stereocenters. The van der Waals surface area contributed by atoms with Gasteiger partial charge in [0, 0.05) is 16.8 Å². The second kappa shape index (κ2) is 5.56. The Morgan fingerprint density at radius 1 is 0.870 bits per heavy atom. The van der Waals surface area contributed by atoms with Gasteiger partial charge < -0.3 is 0 Å². The van der Waals surface area contributed by atoms with Crippen molar-refractivity contribution in [1.82, 2.24) is 9.97 Å². The minimum Gasteiger partial charge on any atom is -0.232 e. The van der Waals surface area contributed by atoms with Crippen molar-refractivity contribution < 1.29 is 4.39 Å². The lowest BCUT2D eigenvalue weighted by Crippen LogP contribution is -1.89. The lowest BCUT2D eigenvalue weighted by atomic mass is 10.0. The number of halogens is 1. The Labute approximate surface area is 137 Å². The number of nitrogens with zero attached hydrogens (tertiary/aromatic N) is 2. The molecule has 4 heteroatoms. The van der Waals surface area contributed by atoms with Crippen molar-refractivity contribution in [3.8, 4) is 21.7 Å². The van der Waals surface area contributed by atoms with Gasteiger partial charge in [0.05, 0.1) is 4.70 Å². The Morgan fingerprint density at radius 2 is 1.61 bits per heavy atom. The summed E-state index contributed by atoms with van der Waals surface area (Å²) in [7, 11) is 0. The van der Waals surface area contributed by atoms with E-state index >= 15 is 0 Å². The summed E-state index contributed by atoms with van der Waals surface area (Å²) in [5.74, 6) is -0.232. The van der Waals surface area contributed by atoms with Crippen molar-refractivity contribution in [3.05, 3.63) is 72.2 Å². The number of rotatable bonds is 2. The highest BCUT2D eigenvalue weighted by Gasteiger charge is 2.11. The molecule has 0 aliphatic carbocycles. The van der Waals surface area contributed by atoms with E-state index in [-0.39, 0.29) is 5.82 Å². The van der Waals surface area contributed by atoms with E-state index in [1.165, 1.54) is 12.1 Å². The fraction of sp³-hybridized carbons (Fsp3) is 0.0526. The zero-order chi connectivity index (χ0) is 15.8. The third-order valence-electron chi connectivity index (χ3n) is 3.75. The molecule has 0 saturated heterocycles. The molecule has 2 nitrogen and oxygen atoms in total. The topological polar surface area (TPSA) is 25.8 Å². The van der Waals surface area contributed by atoms with Crippen LogP contribution >= 0.6 is 11.3 Å². The Bertz CT molecular complexity index is 976. The molecule has 0 aliphatic rings. The number of thiazole rings is 1. The number of aromatic nitrogens is 2. The van der Waals surface area contributed by atoms with Crippen LogP contribution in [0.3, 0.4) is 0 Å². The highest BCUT2D eigenvalue weighted by atomic mass is 32.1.